The van der Waals surface area contributed by atoms with Crippen molar-refractivity contribution in [1.29, 1.82) is 0 Å². The molecule has 0 radical (unpaired) electrons. The molecule has 2 heterocycles. The van der Waals surface area contributed by atoms with E-state index in [9.17, 15) is 4.79 Å². The molecule has 0 spiro atoms. The summed E-state index contributed by atoms with van der Waals surface area (Å²) in [6.45, 7) is 1.96. The van der Waals surface area contributed by atoms with Gasteiger partial charge in [-0.1, -0.05) is 12.1 Å². The fraction of sp³-hybridized carbons (Fsp3) is 0.105. The standard InChI is InChI=1S/C19H17N7O/c1-14(15-2-6-17(7-3-15)25-11-10-20-12-25)22-19(27)16-4-8-18(9-5-16)26-13-21-23-24-26/h2-14H,1H3,(H,22,27)/t14-/m0/s1. The Kier molecular flexibility index (Phi) is 4.44. The molecule has 0 aliphatic heterocycles. The second kappa shape index (κ2) is 7.20. The Morgan fingerprint density at radius 1 is 1.00 bits per heavy atom. The minimum atomic E-state index is -0.135. The van der Waals surface area contributed by atoms with E-state index in [0.717, 1.165) is 16.9 Å². The highest BCUT2D eigenvalue weighted by atomic mass is 16.1. The molecular weight excluding hydrogens is 342 g/mol. The Balaban J connectivity index is 1.43. The van der Waals surface area contributed by atoms with Gasteiger partial charge in [-0.15, -0.1) is 5.10 Å². The van der Waals surface area contributed by atoms with E-state index in [-0.39, 0.29) is 11.9 Å². The monoisotopic (exact) mass is 359 g/mol. The predicted octanol–water partition coefficient (Wildman–Crippen LogP) is 2.34. The number of rotatable bonds is 5. The van der Waals surface area contributed by atoms with Crippen molar-refractivity contribution in [3.8, 4) is 11.4 Å². The second-order valence-corrected chi connectivity index (χ2v) is 6.06. The van der Waals surface area contributed by atoms with Crippen molar-refractivity contribution in [2.75, 3.05) is 0 Å². The zero-order chi connectivity index (χ0) is 18.6. The second-order valence-electron chi connectivity index (χ2n) is 6.06. The number of aromatic nitrogens is 6. The number of carbonyl (C=O) groups is 1. The maximum absolute atomic E-state index is 12.5. The first-order valence-corrected chi connectivity index (χ1v) is 8.43. The average Bonchev–Trinajstić information content (AvgIpc) is 3.42. The summed E-state index contributed by atoms with van der Waals surface area (Å²) in [5, 5.41) is 14.0. The number of hydrogen-bond acceptors (Lipinski definition) is 5. The van der Waals surface area contributed by atoms with E-state index in [1.54, 1.807) is 36.8 Å². The van der Waals surface area contributed by atoms with Crippen molar-refractivity contribution in [1.82, 2.24) is 35.1 Å². The number of tetrazole rings is 1. The number of nitrogens with zero attached hydrogens (tertiary/aromatic N) is 6. The number of imidazole rings is 1. The van der Waals surface area contributed by atoms with Gasteiger partial charge in [-0.2, -0.15) is 0 Å². The van der Waals surface area contributed by atoms with Crippen molar-refractivity contribution in [2.45, 2.75) is 13.0 Å². The topological polar surface area (TPSA) is 90.5 Å². The lowest BCUT2D eigenvalue weighted by atomic mass is 10.1. The largest absolute Gasteiger partial charge is 0.346 e. The maximum Gasteiger partial charge on any atom is 0.251 e. The van der Waals surface area contributed by atoms with E-state index < -0.39 is 0 Å². The Morgan fingerprint density at radius 3 is 2.37 bits per heavy atom. The molecule has 27 heavy (non-hydrogen) atoms. The highest BCUT2D eigenvalue weighted by molar-refractivity contribution is 5.94. The zero-order valence-electron chi connectivity index (χ0n) is 14.6. The van der Waals surface area contributed by atoms with E-state index in [2.05, 4.69) is 25.8 Å². The summed E-state index contributed by atoms with van der Waals surface area (Å²) in [4.78, 5) is 16.6. The molecule has 1 N–H and O–H groups in total. The SMILES string of the molecule is C[C@H](NC(=O)c1ccc(-n2cnnn2)cc1)c1ccc(-n2ccnc2)cc1. The Hall–Kier alpha value is -3.81. The average molecular weight is 359 g/mol. The van der Waals surface area contributed by atoms with Crippen LogP contribution in [0.2, 0.25) is 0 Å². The van der Waals surface area contributed by atoms with Crippen LogP contribution in [-0.4, -0.2) is 35.7 Å². The van der Waals surface area contributed by atoms with Crippen LogP contribution in [0.25, 0.3) is 11.4 Å². The third-order valence-corrected chi connectivity index (χ3v) is 4.29. The van der Waals surface area contributed by atoms with Crippen molar-refractivity contribution < 1.29 is 4.79 Å². The molecule has 0 aliphatic carbocycles. The zero-order valence-corrected chi connectivity index (χ0v) is 14.6. The number of nitrogens with one attached hydrogen (secondary N) is 1. The van der Waals surface area contributed by atoms with Crippen LogP contribution in [0.15, 0.2) is 73.6 Å². The van der Waals surface area contributed by atoms with Gasteiger partial charge in [0, 0.05) is 23.6 Å². The smallest absolute Gasteiger partial charge is 0.251 e. The lowest BCUT2D eigenvalue weighted by Gasteiger charge is -2.15. The quantitative estimate of drug-likeness (QED) is 0.591. The third kappa shape index (κ3) is 3.59. The lowest BCUT2D eigenvalue weighted by Crippen LogP contribution is -2.26. The van der Waals surface area contributed by atoms with E-state index in [0.29, 0.717) is 5.56 Å². The summed E-state index contributed by atoms with van der Waals surface area (Å²) in [5.74, 6) is -0.135. The summed E-state index contributed by atoms with van der Waals surface area (Å²) in [6, 6.07) is 15.0. The third-order valence-electron chi connectivity index (χ3n) is 4.29. The van der Waals surface area contributed by atoms with Gasteiger partial charge in [-0.05, 0) is 59.3 Å². The van der Waals surface area contributed by atoms with E-state index >= 15 is 0 Å². The summed E-state index contributed by atoms with van der Waals surface area (Å²) < 4.78 is 3.46. The highest BCUT2D eigenvalue weighted by Gasteiger charge is 2.12. The molecule has 2 aromatic carbocycles. The lowest BCUT2D eigenvalue weighted by molar-refractivity contribution is 0.0940. The first-order chi connectivity index (χ1) is 13.2. The van der Waals surface area contributed by atoms with Crippen LogP contribution in [0.4, 0.5) is 0 Å². The molecule has 134 valence electrons. The predicted molar refractivity (Wildman–Crippen MR) is 98.6 cm³/mol. The van der Waals surface area contributed by atoms with Crippen LogP contribution in [0.3, 0.4) is 0 Å². The van der Waals surface area contributed by atoms with Gasteiger partial charge in [0.15, 0.2) is 0 Å². The van der Waals surface area contributed by atoms with Crippen LogP contribution in [0.1, 0.15) is 28.9 Å². The molecule has 0 saturated carbocycles. The van der Waals surface area contributed by atoms with E-state index in [1.165, 1.54) is 11.0 Å². The maximum atomic E-state index is 12.5. The van der Waals surface area contributed by atoms with Crippen LogP contribution in [0.5, 0.6) is 0 Å². The van der Waals surface area contributed by atoms with Crippen molar-refractivity contribution in [2.24, 2.45) is 0 Å². The normalized spacial score (nSPS) is 11.9. The van der Waals surface area contributed by atoms with E-state index in [1.807, 2.05) is 42.0 Å². The minimum absolute atomic E-state index is 0.117. The molecule has 8 nitrogen and oxygen atoms in total. The van der Waals surface area contributed by atoms with Gasteiger partial charge < -0.3 is 9.88 Å². The van der Waals surface area contributed by atoms with Crippen molar-refractivity contribution in [3.63, 3.8) is 0 Å². The Morgan fingerprint density at radius 2 is 1.74 bits per heavy atom. The highest BCUT2D eigenvalue weighted by Crippen LogP contribution is 2.17. The number of carbonyl (C=O) groups excluding carboxylic acids is 1. The van der Waals surface area contributed by atoms with Gasteiger partial charge >= 0.3 is 0 Å². The number of benzene rings is 2. The molecule has 0 saturated heterocycles. The Labute approximate surface area is 155 Å². The van der Waals surface area contributed by atoms with Gasteiger partial charge in [-0.25, -0.2) is 9.67 Å². The molecule has 2 aromatic heterocycles. The van der Waals surface area contributed by atoms with Crippen molar-refractivity contribution in [3.05, 3.63) is 84.7 Å². The Bertz CT molecular complexity index is 1010. The van der Waals surface area contributed by atoms with Gasteiger partial charge in [0.2, 0.25) is 0 Å². The van der Waals surface area contributed by atoms with Crippen LogP contribution in [-0.2, 0) is 0 Å². The molecule has 0 aliphatic rings. The summed E-state index contributed by atoms with van der Waals surface area (Å²) in [5.41, 5.74) is 3.42. The fourth-order valence-electron chi connectivity index (χ4n) is 2.76. The summed E-state index contributed by atoms with van der Waals surface area (Å²) >= 11 is 0. The molecule has 4 rings (SSSR count). The number of amides is 1. The minimum Gasteiger partial charge on any atom is -0.346 e. The molecule has 0 bridgehead atoms. The molecule has 1 atom stereocenters. The van der Waals surface area contributed by atoms with Gasteiger partial charge in [0.1, 0.15) is 6.33 Å². The number of hydrogen-bond donors (Lipinski definition) is 1. The van der Waals surface area contributed by atoms with Gasteiger partial charge in [0.05, 0.1) is 18.1 Å². The van der Waals surface area contributed by atoms with Crippen LogP contribution in [0, 0.1) is 0 Å². The summed E-state index contributed by atoms with van der Waals surface area (Å²) in [6.07, 6.45) is 6.88. The van der Waals surface area contributed by atoms with Gasteiger partial charge in [0.25, 0.3) is 5.91 Å². The van der Waals surface area contributed by atoms with E-state index in [4.69, 9.17) is 0 Å². The first kappa shape index (κ1) is 16.6. The molecule has 0 fully saturated rings. The summed E-state index contributed by atoms with van der Waals surface area (Å²) in [7, 11) is 0. The van der Waals surface area contributed by atoms with Crippen molar-refractivity contribution >= 4 is 5.91 Å². The first-order valence-electron chi connectivity index (χ1n) is 8.43. The molecule has 1 amide bonds. The molecule has 8 heteroatoms. The molecular formula is C19H17N7O. The van der Waals surface area contributed by atoms with Gasteiger partial charge in [-0.3, -0.25) is 4.79 Å². The van der Waals surface area contributed by atoms with Crippen LogP contribution >= 0.6 is 0 Å². The fourth-order valence-corrected chi connectivity index (χ4v) is 2.76. The van der Waals surface area contributed by atoms with Crippen LogP contribution < -0.4 is 5.32 Å². The molecule has 0 unspecified atom stereocenters. The molecule has 4 aromatic rings.